The number of anilines is 1. The average molecular weight is 355 g/mol. The fourth-order valence-electron chi connectivity index (χ4n) is 3.05. The molecule has 3 rings (SSSR count). The Labute approximate surface area is 149 Å². The molecule has 1 amide bonds. The zero-order valence-corrected chi connectivity index (χ0v) is 14.6. The van der Waals surface area contributed by atoms with Crippen LogP contribution in [0, 0.1) is 27.4 Å². The van der Waals surface area contributed by atoms with Crippen molar-refractivity contribution in [1.82, 2.24) is 0 Å². The van der Waals surface area contributed by atoms with E-state index in [1.165, 1.54) is 28.3 Å². The number of thiophene rings is 1. The van der Waals surface area contributed by atoms with E-state index in [9.17, 15) is 20.2 Å². The normalized spacial score (nSPS) is 15.9. The van der Waals surface area contributed by atoms with Crippen molar-refractivity contribution in [3.05, 3.63) is 55.9 Å². The molecule has 1 heterocycles. The molecule has 128 valence electrons. The first-order valence-corrected chi connectivity index (χ1v) is 8.87. The summed E-state index contributed by atoms with van der Waals surface area (Å²) in [7, 11) is 0. The highest BCUT2D eigenvalue weighted by Gasteiger charge is 2.24. The summed E-state index contributed by atoms with van der Waals surface area (Å²) < 4.78 is 0. The van der Waals surface area contributed by atoms with Gasteiger partial charge in [0.2, 0.25) is 5.91 Å². The molecule has 1 N–H and O–H groups in total. The van der Waals surface area contributed by atoms with E-state index < -0.39 is 4.92 Å². The molecule has 0 saturated carbocycles. The smallest absolute Gasteiger partial charge is 0.269 e. The molecule has 0 fully saturated rings. The number of fused-ring (bicyclic) bond motifs is 1. The number of benzene rings is 1. The summed E-state index contributed by atoms with van der Waals surface area (Å²) in [5.74, 6) is 0.373. The van der Waals surface area contributed by atoms with Gasteiger partial charge in [-0.2, -0.15) is 5.26 Å². The molecular formula is C18H17N3O3S. The first-order valence-electron chi connectivity index (χ1n) is 8.05. The molecule has 1 aliphatic carbocycles. The van der Waals surface area contributed by atoms with Crippen LogP contribution in [0.15, 0.2) is 24.3 Å². The van der Waals surface area contributed by atoms with Crippen molar-refractivity contribution in [2.45, 2.75) is 32.6 Å². The largest absolute Gasteiger partial charge is 0.316 e. The van der Waals surface area contributed by atoms with Gasteiger partial charge in [0, 0.05) is 17.0 Å². The number of amides is 1. The molecule has 0 radical (unpaired) electrons. The summed E-state index contributed by atoms with van der Waals surface area (Å²) in [6.07, 6.45) is 3.01. The minimum absolute atomic E-state index is 0.00373. The molecule has 0 spiro atoms. The van der Waals surface area contributed by atoms with Gasteiger partial charge in [0.1, 0.15) is 11.1 Å². The minimum Gasteiger partial charge on any atom is -0.316 e. The zero-order valence-electron chi connectivity index (χ0n) is 13.7. The monoisotopic (exact) mass is 355 g/mol. The Bertz CT molecular complexity index is 865. The van der Waals surface area contributed by atoms with E-state index in [2.05, 4.69) is 18.3 Å². The summed E-state index contributed by atoms with van der Waals surface area (Å²) in [6.45, 7) is 2.20. The first-order chi connectivity index (χ1) is 12.0. The topological polar surface area (TPSA) is 96.0 Å². The van der Waals surface area contributed by atoms with Gasteiger partial charge in [0.15, 0.2) is 0 Å². The fraction of sp³-hybridized carbons (Fsp3) is 0.333. The second-order valence-corrected chi connectivity index (χ2v) is 7.42. The number of hydrogen-bond acceptors (Lipinski definition) is 5. The summed E-state index contributed by atoms with van der Waals surface area (Å²) in [6, 6.07) is 8.14. The Morgan fingerprint density at radius 1 is 1.44 bits per heavy atom. The molecule has 0 aliphatic heterocycles. The second-order valence-electron chi connectivity index (χ2n) is 6.32. The van der Waals surface area contributed by atoms with Gasteiger partial charge >= 0.3 is 0 Å². The Balaban J connectivity index is 1.73. The molecule has 1 aliphatic rings. The highest BCUT2D eigenvalue weighted by atomic mass is 32.1. The van der Waals surface area contributed by atoms with Crippen LogP contribution in [0.4, 0.5) is 10.7 Å². The zero-order chi connectivity index (χ0) is 18.0. The summed E-state index contributed by atoms with van der Waals surface area (Å²) in [4.78, 5) is 23.7. The van der Waals surface area contributed by atoms with Crippen LogP contribution in [0.2, 0.25) is 0 Å². The quantitative estimate of drug-likeness (QED) is 0.666. The number of nitrogens with one attached hydrogen (secondary N) is 1. The molecule has 0 saturated heterocycles. The number of nitro groups is 1. The van der Waals surface area contributed by atoms with Gasteiger partial charge in [0.25, 0.3) is 5.69 Å². The number of nitrogens with zero attached hydrogens (tertiary/aromatic N) is 2. The third-order valence-corrected chi connectivity index (χ3v) is 5.56. The van der Waals surface area contributed by atoms with Crippen LogP contribution >= 0.6 is 11.3 Å². The number of nitriles is 1. The van der Waals surface area contributed by atoms with Gasteiger partial charge < -0.3 is 5.32 Å². The third kappa shape index (κ3) is 3.69. The molecular weight excluding hydrogens is 338 g/mol. The lowest BCUT2D eigenvalue weighted by molar-refractivity contribution is -0.384. The highest BCUT2D eigenvalue weighted by molar-refractivity contribution is 7.16. The van der Waals surface area contributed by atoms with Crippen LogP contribution in [0.3, 0.4) is 0 Å². The van der Waals surface area contributed by atoms with Gasteiger partial charge in [-0.1, -0.05) is 19.1 Å². The molecule has 1 aromatic heterocycles. The number of non-ortho nitro benzene ring substituents is 1. The lowest BCUT2D eigenvalue weighted by Crippen LogP contribution is -2.14. The van der Waals surface area contributed by atoms with Gasteiger partial charge in [-0.05, 0) is 36.3 Å². The Kier molecular flexibility index (Phi) is 4.81. The van der Waals surface area contributed by atoms with E-state index in [-0.39, 0.29) is 18.0 Å². The summed E-state index contributed by atoms with van der Waals surface area (Å²) >= 11 is 1.49. The van der Waals surface area contributed by atoms with Gasteiger partial charge in [-0.15, -0.1) is 11.3 Å². The van der Waals surface area contributed by atoms with E-state index >= 15 is 0 Å². The van der Waals surface area contributed by atoms with Crippen molar-refractivity contribution in [2.75, 3.05) is 5.32 Å². The number of carbonyl (C=O) groups is 1. The fourth-order valence-corrected chi connectivity index (χ4v) is 4.43. The van der Waals surface area contributed by atoms with Crippen LogP contribution in [-0.4, -0.2) is 10.8 Å². The molecule has 7 heteroatoms. The van der Waals surface area contributed by atoms with Crippen molar-refractivity contribution in [3.8, 4) is 6.07 Å². The first kappa shape index (κ1) is 17.1. The number of carbonyl (C=O) groups excluding carboxylic acids is 1. The highest BCUT2D eigenvalue weighted by Crippen LogP contribution is 2.39. The molecule has 0 bridgehead atoms. The maximum absolute atomic E-state index is 12.3. The number of nitro benzene ring substituents is 1. The van der Waals surface area contributed by atoms with Crippen molar-refractivity contribution in [2.24, 2.45) is 5.92 Å². The van der Waals surface area contributed by atoms with Gasteiger partial charge in [-0.25, -0.2) is 0 Å². The third-order valence-electron chi connectivity index (χ3n) is 4.39. The van der Waals surface area contributed by atoms with Crippen LogP contribution < -0.4 is 5.32 Å². The Morgan fingerprint density at radius 2 is 2.16 bits per heavy atom. The van der Waals surface area contributed by atoms with Crippen molar-refractivity contribution >= 4 is 27.9 Å². The summed E-state index contributed by atoms with van der Waals surface area (Å²) in [5, 5.41) is 23.6. The van der Waals surface area contributed by atoms with Crippen LogP contribution in [0.5, 0.6) is 0 Å². The molecule has 1 unspecified atom stereocenters. The predicted molar refractivity (Wildman–Crippen MR) is 95.7 cm³/mol. The second kappa shape index (κ2) is 7.03. The van der Waals surface area contributed by atoms with E-state index in [4.69, 9.17) is 0 Å². The Morgan fingerprint density at radius 3 is 2.80 bits per heavy atom. The van der Waals surface area contributed by atoms with E-state index in [0.29, 0.717) is 22.0 Å². The van der Waals surface area contributed by atoms with Crippen LogP contribution in [-0.2, 0) is 24.1 Å². The van der Waals surface area contributed by atoms with Crippen molar-refractivity contribution in [3.63, 3.8) is 0 Å². The maximum Gasteiger partial charge on any atom is 0.269 e. The van der Waals surface area contributed by atoms with Crippen molar-refractivity contribution in [1.29, 1.82) is 5.26 Å². The molecule has 1 aromatic carbocycles. The standard InChI is InChI=1S/C18H17N3O3S/c1-11-2-7-14-15(10-19)18(25-16(14)8-11)20-17(22)9-12-3-5-13(6-4-12)21(23)24/h3-6,11H,2,7-9H2,1H3,(H,20,22). The van der Waals surface area contributed by atoms with Crippen LogP contribution in [0.1, 0.15) is 34.9 Å². The lowest BCUT2D eigenvalue weighted by atomic mass is 9.88. The molecule has 6 nitrogen and oxygen atoms in total. The van der Waals surface area contributed by atoms with Gasteiger partial charge in [0.05, 0.1) is 16.9 Å². The van der Waals surface area contributed by atoms with Gasteiger partial charge in [-0.3, -0.25) is 14.9 Å². The Hall–Kier alpha value is -2.72. The summed E-state index contributed by atoms with van der Waals surface area (Å²) in [5.41, 5.74) is 2.35. The maximum atomic E-state index is 12.3. The van der Waals surface area contributed by atoms with E-state index in [1.54, 1.807) is 12.1 Å². The SMILES string of the molecule is CC1CCc2c(sc(NC(=O)Cc3ccc([N+](=O)[O-])cc3)c2C#N)C1. The van der Waals surface area contributed by atoms with E-state index in [1.807, 2.05) is 0 Å². The molecule has 1 atom stereocenters. The minimum atomic E-state index is -0.472. The number of rotatable bonds is 4. The van der Waals surface area contributed by atoms with E-state index in [0.717, 1.165) is 24.8 Å². The molecule has 2 aromatic rings. The van der Waals surface area contributed by atoms with Crippen LogP contribution in [0.25, 0.3) is 0 Å². The molecule has 25 heavy (non-hydrogen) atoms. The lowest BCUT2D eigenvalue weighted by Gasteiger charge is -2.17. The average Bonchev–Trinajstić information content (AvgIpc) is 2.90. The number of hydrogen-bond donors (Lipinski definition) is 1. The van der Waals surface area contributed by atoms with Crippen molar-refractivity contribution < 1.29 is 9.72 Å². The predicted octanol–water partition coefficient (Wildman–Crippen LogP) is 3.83.